The smallest absolute Gasteiger partial charge is 0.375 e. The lowest BCUT2D eigenvalue weighted by Gasteiger charge is -2.49. The molecule has 7 aliphatic rings. The predicted octanol–water partition coefficient (Wildman–Crippen LogP) is 16.6. The Balaban J connectivity index is 0.000000203. The van der Waals surface area contributed by atoms with Crippen molar-refractivity contribution >= 4 is 23.6 Å². The van der Waals surface area contributed by atoms with Crippen LogP contribution in [0.4, 0.5) is 13.2 Å². The largest absolute Gasteiger partial charge is 0.397 e. The van der Waals surface area contributed by atoms with E-state index >= 15 is 0 Å². The average molecular weight is 1320 g/mol. The monoisotopic (exact) mass is 1320 g/mol. The molecule has 4 heterocycles. The molecule has 4 fully saturated rings. The molecule has 3 aliphatic carbocycles. The number of hydrogen-bond acceptors (Lipinski definition) is 8. The van der Waals surface area contributed by atoms with Crippen LogP contribution in [0.5, 0.6) is 0 Å². The van der Waals surface area contributed by atoms with E-state index in [1.165, 1.54) is 110 Å². The number of alkyl halides is 3. The normalized spacial score (nSPS) is 22.4. The molecule has 4 saturated heterocycles. The van der Waals surface area contributed by atoms with Crippen LogP contribution >= 0.6 is 0 Å². The molecule has 4 atom stereocenters. The van der Waals surface area contributed by atoms with Crippen LogP contribution in [-0.2, 0) is 40.2 Å². The first kappa shape index (κ1) is 75.9. The number of likely N-dealkylation sites (N-methyl/N-ethyl adjacent to an activating group) is 1. The highest BCUT2D eigenvalue weighted by Crippen LogP contribution is 2.53. The molecular weight excluding hydrogens is 1200 g/mol. The minimum atomic E-state index is -4.47. The highest BCUT2D eigenvalue weighted by molar-refractivity contribution is 5.89. The quantitative estimate of drug-likeness (QED) is 0.134. The summed E-state index contributed by atoms with van der Waals surface area (Å²) in [6, 6.07) is 25.5. The molecule has 3 spiro atoms. The molecule has 4 aliphatic heterocycles. The minimum Gasteiger partial charge on any atom is -0.375 e. The molecule has 0 saturated carbocycles. The molecule has 0 bridgehead atoms. The first-order valence-corrected chi connectivity index (χ1v) is 37.0. The van der Waals surface area contributed by atoms with Crippen LogP contribution in [-0.4, -0.2) is 158 Å². The zero-order valence-electron chi connectivity index (χ0n) is 61.3. The lowest BCUT2D eigenvalue weighted by atomic mass is 9.63. The van der Waals surface area contributed by atoms with Crippen LogP contribution in [0.1, 0.15) is 265 Å². The van der Waals surface area contributed by atoms with Crippen molar-refractivity contribution < 1.29 is 38.5 Å². The van der Waals surface area contributed by atoms with E-state index in [9.17, 15) is 32.3 Å². The molecule has 12 nitrogen and oxygen atoms in total. The number of nitrogens with zero attached hydrogens (tertiary/aromatic N) is 6. The van der Waals surface area contributed by atoms with Crippen molar-refractivity contribution in [2.24, 2.45) is 22.2 Å². The van der Waals surface area contributed by atoms with Crippen LogP contribution in [0.15, 0.2) is 72.8 Å². The molecule has 3 aromatic rings. The van der Waals surface area contributed by atoms with Gasteiger partial charge >= 0.3 is 6.18 Å². The highest BCUT2D eigenvalue weighted by Gasteiger charge is 2.48. The molecule has 0 aromatic heterocycles. The van der Waals surface area contributed by atoms with Crippen molar-refractivity contribution in [1.29, 1.82) is 0 Å². The van der Waals surface area contributed by atoms with Crippen molar-refractivity contribution in [3.05, 3.63) is 106 Å². The van der Waals surface area contributed by atoms with E-state index in [4.69, 9.17) is 4.74 Å². The van der Waals surface area contributed by atoms with Gasteiger partial charge in [0.25, 0.3) is 0 Å². The van der Waals surface area contributed by atoms with E-state index in [2.05, 4.69) is 158 Å². The number of fused-ring (bicyclic) bond motifs is 6. The first-order chi connectivity index (χ1) is 44.8. The zero-order valence-corrected chi connectivity index (χ0v) is 61.3. The number of methoxy groups -OCH3 is 1. The molecule has 4 amide bonds. The number of likely N-dealkylation sites (tertiary alicyclic amines) is 4. The average Bonchev–Trinajstić information content (AvgIpc) is 0.824. The van der Waals surface area contributed by atoms with Crippen LogP contribution in [0.2, 0.25) is 0 Å². The number of hydrogen-bond donors (Lipinski definition) is 1. The van der Waals surface area contributed by atoms with Gasteiger partial charge < -0.3 is 39.5 Å². The summed E-state index contributed by atoms with van der Waals surface area (Å²) in [6.07, 6.45) is 13.0. The summed E-state index contributed by atoms with van der Waals surface area (Å²) in [4.78, 5) is 64.3. The number of nitrogens with one attached hydrogen (secondary N) is 1. The third-order valence-electron chi connectivity index (χ3n) is 22.9. The number of carbonyl (C=O) groups is 4. The third kappa shape index (κ3) is 20.0. The fraction of sp³-hybridized carbons (Fsp3) is 0.725. The lowest BCUT2D eigenvalue weighted by molar-refractivity contribution is -0.163. The minimum absolute atomic E-state index is 0. The second-order valence-electron chi connectivity index (χ2n) is 33.7. The molecule has 532 valence electrons. The van der Waals surface area contributed by atoms with Gasteiger partial charge in [0.2, 0.25) is 23.6 Å². The SMILES string of the molecule is CC(C)C[C@@H](C(=O)N[C@@H]1CCC2(CCN(CCC(C)(C)C)CC2)c2ccccc21)N1CCCC1=O.CCN(C(=O)CC(F)(F)F)[C@H]1CCC2(CCN(CCC(C)(C)C)CC2)c2ccccc21.CCN(C(=O)COC)[C@H]1CCC2(CCN(CCC(C)(C)C)CC2)c2ccccc21.[HH]. The van der Waals surface area contributed by atoms with E-state index in [1.807, 2.05) is 28.0 Å². The molecule has 1 N–H and O–H groups in total. The Kier molecular flexibility index (Phi) is 25.9. The van der Waals surface area contributed by atoms with E-state index in [-0.39, 0.29) is 66.2 Å². The standard InChI is InChI=1S/C30H47N3O2.C25H37F3N2O.C25H40N2O2.H2/c1-22(2)21-26(33-17-8-11-27(33)34)28(35)31-25-12-13-30(24-10-7-6-9-23(24)25)15-19-32(20-16-30)18-14-29(3,4)5;1-5-30(22(31)18-25(26,27)28)21-10-11-24(20-9-7-6-8-19(20)21)13-16-29(17-14-24)15-12-23(2,3)4;1-6-27(23(28)19-29-5)22-11-12-25(21-10-8-7-9-20(21)22)14-17-26(18-15-25)16-13-24(2,3)4;/h6-7,9-10,22,25-26H,8,11-21H2,1-5H3,(H,31,35);6-9,21H,5,10-18H2,1-4H3;7-10,22H,6,11-19H2,1-5H3;1H/t25-,26+;21-;22-;/m100./s1. The summed E-state index contributed by atoms with van der Waals surface area (Å²) in [5.74, 6) is -0.191. The Bertz CT molecular complexity index is 2980. The molecule has 95 heavy (non-hydrogen) atoms. The summed E-state index contributed by atoms with van der Waals surface area (Å²) in [5, 5.41) is 3.40. The molecule has 0 radical (unpaired) electrons. The molecule has 15 heteroatoms. The maximum atomic E-state index is 13.5. The summed E-state index contributed by atoms with van der Waals surface area (Å²) >= 11 is 0. The van der Waals surface area contributed by atoms with Crippen molar-refractivity contribution in [3.63, 3.8) is 0 Å². The number of piperidine rings is 3. The van der Waals surface area contributed by atoms with Gasteiger partial charge in [-0.2, -0.15) is 13.2 Å². The van der Waals surface area contributed by atoms with Gasteiger partial charge in [-0.15, -0.1) is 0 Å². The summed E-state index contributed by atoms with van der Waals surface area (Å²) in [5.41, 5.74) is 9.62. The number of carbonyl (C=O) groups excluding carboxylic acids is 4. The lowest BCUT2D eigenvalue weighted by Crippen LogP contribution is -2.51. The Morgan fingerprint density at radius 2 is 0.947 bits per heavy atom. The maximum Gasteiger partial charge on any atom is 0.397 e. The van der Waals surface area contributed by atoms with Gasteiger partial charge in [0.05, 0.1) is 18.1 Å². The predicted molar refractivity (Wildman–Crippen MR) is 381 cm³/mol. The van der Waals surface area contributed by atoms with Crippen LogP contribution in [0, 0.1) is 22.2 Å². The second-order valence-corrected chi connectivity index (χ2v) is 33.7. The molecular formula is C80H126F3N7O5. The van der Waals surface area contributed by atoms with Crippen molar-refractivity contribution in [1.82, 2.24) is 34.7 Å². The zero-order chi connectivity index (χ0) is 69.2. The maximum absolute atomic E-state index is 13.5. The van der Waals surface area contributed by atoms with Crippen molar-refractivity contribution in [3.8, 4) is 0 Å². The number of benzene rings is 3. The Labute approximate surface area is 573 Å². The Morgan fingerprint density at radius 3 is 1.31 bits per heavy atom. The van der Waals surface area contributed by atoms with Gasteiger partial charge in [0, 0.05) is 34.6 Å². The van der Waals surface area contributed by atoms with E-state index < -0.39 is 18.5 Å². The van der Waals surface area contributed by atoms with Gasteiger partial charge in [-0.05, 0) is 254 Å². The van der Waals surface area contributed by atoms with Crippen LogP contribution in [0.25, 0.3) is 0 Å². The Morgan fingerprint density at radius 1 is 0.568 bits per heavy atom. The van der Waals surface area contributed by atoms with Crippen molar-refractivity contribution in [2.45, 2.75) is 259 Å². The fourth-order valence-corrected chi connectivity index (χ4v) is 17.1. The van der Waals surface area contributed by atoms with Gasteiger partial charge in [0.15, 0.2) is 0 Å². The van der Waals surface area contributed by atoms with Gasteiger partial charge in [-0.1, -0.05) is 149 Å². The van der Waals surface area contributed by atoms with Gasteiger partial charge in [0.1, 0.15) is 19.1 Å². The topological polar surface area (TPSA) is 109 Å². The second kappa shape index (κ2) is 32.4. The van der Waals surface area contributed by atoms with E-state index in [1.54, 1.807) is 14.0 Å². The van der Waals surface area contributed by atoms with Gasteiger partial charge in [-0.25, -0.2) is 0 Å². The number of ether oxygens (including phenoxy) is 1. The highest BCUT2D eigenvalue weighted by atomic mass is 19.4. The molecule has 10 rings (SSSR count). The summed E-state index contributed by atoms with van der Waals surface area (Å²) in [6.45, 7) is 41.1. The van der Waals surface area contributed by atoms with E-state index in [0.29, 0.717) is 41.7 Å². The summed E-state index contributed by atoms with van der Waals surface area (Å²) < 4.78 is 43.8. The molecule has 0 unspecified atom stereocenters. The number of halogens is 3. The third-order valence-corrected chi connectivity index (χ3v) is 22.9. The first-order valence-electron chi connectivity index (χ1n) is 37.0. The fourth-order valence-electron chi connectivity index (χ4n) is 17.1. The van der Waals surface area contributed by atoms with Gasteiger partial charge in [-0.3, -0.25) is 19.2 Å². The van der Waals surface area contributed by atoms with Crippen LogP contribution < -0.4 is 5.32 Å². The van der Waals surface area contributed by atoms with Crippen molar-refractivity contribution in [2.75, 3.05) is 92.3 Å². The van der Waals surface area contributed by atoms with Crippen LogP contribution in [0.3, 0.4) is 0 Å². The summed E-state index contributed by atoms with van der Waals surface area (Å²) in [7, 11) is 1.60. The number of rotatable bonds is 18. The Hall–Kier alpha value is -4.83. The number of amides is 4. The van der Waals surface area contributed by atoms with E-state index in [0.717, 1.165) is 103 Å². The molecule has 3 aromatic carbocycles.